The predicted molar refractivity (Wildman–Crippen MR) is 115 cm³/mol. The quantitative estimate of drug-likeness (QED) is 0.662. The standard InChI is InChI=1S/C22H30N2O4S2/c1-29(25,26)19-7-9-20(10-8-19)30(27,28)24-12-4-5-16-13-17-14-18(22(16)24)15-23-11-3-2-6-21(17)23/h7-10,13,17-18,21-22H,2-6,11-12,14-15H2,1H3/t17-,18+,21+,22+/m0/s1. The average Bonchev–Trinajstić information content (AvgIpc) is 2.73. The summed E-state index contributed by atoms with van der Waals surface area (Å²) in [7, 11) is -7.04. The van der Waals surface area contributed by atoms with Crippen molar-refractivity contribution in [1.82, 2.24) is 9.21 Å². The number of hydrogen-bond acceptors (Lipinski definition) is 5. The molecular weight excluding hydrogens is 420 g/mol. The van der Waals surface area contributed by atoms with Gasteiger partial charge in [-0.15, -0.1) is 0 Å². The second-order valence-electron chi connectivity index (χ2n) is 9.37. The third kappa shape index (κ3) is 3.45. The van der Waals surface area contributed by atoms with Crippen molar-refractivity contribution in [2.24, 2.45) is 11.8 Å². The Kier molecular flexibility index (Phi) is 5.12. The number of fused-ring (bicyclic) bond motifs is 6. The van der Waals surface area contributed by atoms with Gasteiger partial charge in [0.05, 0.1) is 15.8 Å². The number of piperidine rings is 3. The molecule has 0 saturated carbocycles. The van der Waals surface area contributed by atoms with Crippen molar-refractivity contribution < 1.29 is 16.8 Å². The molecule has 6 nitrogen and oxygen atoms in total. The van der Waals surface area contributed by atoms with E-state index in [4.69, 9.17) is 0 Å². The first kappa shape index (κ1) is 20.7. The van der Waals surface area contributed by atoms with Crippen LogP contribution in [0.1, 0.15) is 38.5 Å². The highest BCUT2D eigenvalue weighted by atomic mass is 32.2. The fourth-order valence-corrected chi connectivity index (χ4v) is 8.55. The largest absolute Gasteiger partial charge is 0.299 e. The van der Waals surface area contributed by atoms with Crippen LogP contribution in [0.3, 0.4) is 0 Å². The molecule has 0 radical (unpaired) electrons. The topological polar surface area (TPSA) is 74.8 Å². The fourth-order valence-electron chi connectivity index (χ4n) is 6.19. The van der Waals surface area contributed by atoms with Gasteiger partial charge in [-0.1, -0.05) is 18.1 Å². The van der Waals surface area contributed by atoms with E-state index in [1.54, 1.807) is 4.31 Å². The second kappa shape index (κ2) is 7.43. The zero-order valence-corrected chi connectivity index (χ0v) is 19.0. The van der Waals surface area contributed by atoms with Crippen molar-refractivity contribution in [2.75, 3.05) is 25.9 Å². The van der Waals surface area contributed by atoms with Crippen LogP contribution in [0.5, 0.6) is 0 Å². The van der Waals surface area contributed by atoms with Gasteiger partial charge in [0.15, 0.2) is 9.84 Å². The summed E-state index contributed by atoms with van der Waals surface area (Å²) in [6.07, 6.45) is 10.3. The zero-order chi connectivity index (χ0) is 21.1. The lowest BCUT2D eigenvalue weighted by molar-refractivity contribution is 0.0149. The van der Waals surface area contributed by atoms with Gasteiger partial charge in [-0.05, 0) is 74.8 Å². The molecule has 5 rings (SSSR count). The van der Waals surface area contributed by atoms with Crippen molar-refractivity contribution in [1.29, 1.82) is 0 Å². The normalized spacial score (nSPS) is 32.8. The molecule has 3 aliphatic heterocycles. The number of nitrogens with zero attached hydrogens (tertiary/aromatic N) is 2. The van der Waals surface area contributed by atoms with E-state index in [2.05, 4.69) is 11.0 Å². The van der Waals surface area contributed by atoms with Crippen LogP contribution in [0.15, 0.2) is 45.7 Å². The number of sulfonamides is 1. The fraction of sp³-hybridized carbons (Fsp3) is 0.636. The molecule has 3 saturated heterocycles. The second-order valence-corrected chi connectivity index (χ2v) is 13.3. The van der Waals surface area contributed by atoms with Gasteiger partial charge >= 0.3 is 0 Å². The van der Waals surface area contributed by atoms with Crippen molar-refractivity contribution in [3.8, 4) is 0 Å². The molecule has 0 spiro atoms. The van der Waals surface area contributed by atoms with Crippen LogP contribution in [0.25, 0.3) is 0 Å². The first-order chi connectivity index (χ1) is 14.2. The number of rotatable bonds is 3. The minimum absolute atomic E-state index is 0.0579. The van der Waals surface area contributed by atoms with Gasteiger partial charge in [0.2, 0.25) is 10.0 Å². The highest BCUT2D eigenvalue weighted by molar-refractivity contribution is 7.90. The SMILES string of the molecule is CS(=O)(=O)c1ccc(S(=O)(=O)N2CCCC3=C[C@H]4C[C@H](CN5CCCC[C@H]45)[C@@H]32)cc1. The van der Waals surface area contributed by atoms with E-state index in [0.717, 1.165) is 38.6 Å². The summed E-state index contributed by atoms with van der Waals surface area (Å²) in [5.41, 5.74) is 1.31. The van der Waals surface area contributed by atoms with Gasteiger partial charge in [-0.2, -0.15) is 4.31 Å². The van der Waals surface area contributed by atoms with E-state index in [1.807, 2.05) is 0 Å². The van der Waals surface area contributed by atoms with Gasteiger partial charge in [-0.25, -0.2) is 16.8 Å². The Balaban J connectivity index is 1.48. The summed E-state index contributed by atoms with van der Waals surface area (Å²) in [4.78, 5) is 2.94. The highest BCUT2D eigenvalue weighted by Gasteiger charge is 2.48. The van der Waals surface area contributed by atoms with E-state index in [1.165, 1.54) is 49.1 Å². The maximum Gasteiger partial charge on any atom is 0.243 e. The number of hydrogen-bond donors (Lipinski definition) is 0. The Morgan fingerprint density at radius 3 is 2.40 bits per heavy atom. The Labute approximate surface area is 179 Å². The minimum Gasteiger partial charge on any atom is -0.299 e. The maximum absolute atomic E-state index is 13.6. The summed E-state index contributed by atoms with van der Waals surface area (Å²) in [6, 6.07) is 6.27. The first-order valence-corrected chi connectivity index (χ1v) is 14.3. The van der Waals surface area contributed by atoms with Crippen LogP contribution < -0.4 is 0 Å². The van der Waals surface area contributed by atoms with Crippen LogP contribution in [0.4, 0.5) is 0 Å². The third-order valence-corrected chi connectivity index (χ3v) is 10.5. The molecule has 30 heavy (non-hydrogen) atoms. The molecule has 8 heteroatoms. The molecule has 3 fully saturated rings. The summed E-state index contributed by atoms with van der Waals surface area (Å²) < 4.78 is 52.4. The predicted octanol–water partition coefficient (Wildman–Crippen LogP) is 2.67. The van der Waals surface area contributed by atoms with Gasteiger partial charge in [-0.3, -0.25) is 4.90 Å². The molecule has 2 bridgehead atoms. The zero-order valence-electron chi connectivity index (χ0n) is 17.4. The Bertz CT molecular complexity index is 1060. The van der Waals surface area contributed by atoms with Crippen molar-refractivity contribution >= 4 is 19.9 Å². The van der Waals surface area contributed by atoms with Gasteiger partial charge in [0.1, 0.15) is 0 Å². The summed E-state index contributed by atoms with van der Waals surface area (Å²) in [6.45, 7) is 2.65. The van der Waals surface area contributed by atoms with Crippen LogP contribution in [0.2, 0.25) is 0 Å². The summed E-state index contributed by atoms with van der Waals surface area (Å²) in [5, 5.41) is 0. The molecule has 3 heterocycles. The highest BCUT2D eigenvalue weighted by Crippen LogP contribution is 2.46. The van der Waals surface area contributed by atoms with E-state index in [0.29, 0.717) is 24.4 Å². The van der Waals surface area contributed by atoms with Crippen molar-refractivity contribution in [3.05, 3.63) is 35.9 Å². The molecule has 4 atom stereocenters. The lowest BCUT2D eigenvalue weighted by Crippen LogP contribution is -2.59. The third-order valence-electron chi connectivity index (χ3n) is 7.47. The molecule has 0 N–H and O–H groups in total. The number of benzene rings is 1. The summed E-state index contributed by atoms with van der Waals surface area (Å²) in [5.74, 6) is 0.904. The number of sulfone groups is 1. The van der Waals surface area contributed by atoms with Crippen LogP contribution in [-0.2, 0) is 19.9 Å². The smallest absolute Gasteiger partial charge is 0.243 e. The molecule has 1 aromatic carbocycles. The minimum atomic E-state index is -3.68. The van der Waals surface area contributed by atoms with E-state index in [-0.39, 0.29) is 15.8 Å². The van der Waals surface area contributed by atoms with Crippen molar-refractivity contribution in [2.45, 2.75) is 60.4 Å². The molecule has 1 aromatic rings. The molecule has 0 amide bonds. The molecule has 0 unspecified atom stereocenters. The molecular formula is C22H30N2O4S2. The first-order valence-electron chi connectivity index (χ1n) is 11.0. The molecule has 0 aromatic heterocycles. The average molecular weight is 451 g/mol. The van der Waals surface area contributed by atoms with Crippen LogP contribution in [-0.4, -0.2) is 64.0 Å². The van der Waals surface area contributed by atoms with Crippen LogP contribution >= 0.6 is 0 Å². The maximum atomic E-state index is 13.6. The van der Waals surface area contributed by atoms with Crippen molar-refractivity contribution in [3.63, 3.8) is 0 Å². The van der Waals surface area contributed by atoms with Gasteiger partial charge in [0.25, 0.3) is 0 Å². The molecule has 164 valence electrons. The van der Waals surface area contributed by atoms with Crippen LogP contribution in [0, 0.1) is 11.8 Å². The molecule has 4 aliphatic rings. The lowest BCUT2D eigenvalue weighted by atomic mass is 9.68. The summed E-state index contributed by atoms with van der Waals surface area (Å²) >= 11 is 0. The van der Waals surface area contributed by atoms with E-state index >= 15 is 0 Å². The molecule has 1 aliphatic carbocycles. The van der Waals surface area contributed by atoms with Gasteiger partial charge < -0.3 is 0 Å². The Morgan fingerprint density at radius 2 is 1.67 bits per heavy atom. The Morgan fingerprint density at radius 1 is 0.933 bits per heavy atom. The van der Waals surface area contributed by atoms with E-state index < -0.39 is 19.9 Å². The Hall–Kier alpha value is -1.22. The van der Waals surface area contributed by atoms with Gasteiger partial charge in [0, 0.05) is 25.4 Å². The monoisotopic (exact) mass is 450 g/mol. The van der Waals surface area contributed by atoms with E-state index in [9.17, 15) is 16.8 Å². The lowest BCUT2D eigenvalue weighted by Gasteiger charge is -2.54.